The standard InChI is InChI=1S/C19H21NO6S/c1-5-16(21)13-6-9-15(10-7-13)26-19(22)14-8-11-17(25-4)18(12-14)27(23,24)20(2)3/h6-12H,5H2,1-4H3. The maximum Gasteiger partial charge on any atom is 0.343 e. The smallest absolute Gasteiger partial charge is 0.343 e. The Hall–Kier alpha value is -2.71. The summed E-state index contributed by atoms with van der Waals surface area (Å²) in [6, 6.07) is 10.2. The van der Waals surface area contributed by atoms with Gasteiger partial charge in [0.05, 0.1) is 12.7 Å². The second-order valence-electron chi connectivity index (χ2n) is 5.84. The third-order valence-electron chi connectivity index (χ3n) is 3.87. The highest BCUT2D eigenvalue weighted by Crippen LogP contribution is 2.27. The molecule has 8 heteroatoms. The van der Waals surface area contributed by atoms with Crippen LogP contribution in [0.2, 0.25) is 0 Å². The third kappa shape index (κ3) is 4.53. The van der Waals surface area contributed by atoms with Gasteiger partial charge >= 0.3 is 5.97 Å². The molecule has 0 saturated heterocycles. The fraction of sp³-hybridized carbons (Fsp3) is 0.263. The molecule has 0 heterocycles. The van der Waals surface area contributed by atoms with Crippen LogP contribution in [0, 0.1) is 0 Å². The van der Waals surface area contributed by atoms with Gasteiger partial charge in [-0.15, -0.1) is 0 Å². The van der Waals surface area contributed by atoms with Gasteiger partial charge in [0.2, 0.25) is 10.0 Å². The number of hydrogen-bond acceptors (Lipinski definition) is 6. The van der Waals surface area contributed by atoms with Crippen molar-refractivity contribution in [3.05, 3.63) is 53.6 Å². The molecule has 2 rings (SSSR count). The van der Waals surface area contributed by atoms with Crippen LogP contribution < -0.4 is 9.47 Å². The van der Waals surface area contributed by atoms with Crippen LogP contribution in [0.25, 0.3) is 0 Å². The Bertz CT molecular complexity index is 949. The van der Waals surface area contributed by atoms with Crippen LogP contribution in [-0.2, 0) is 10.0 Å². The zero-order chi connectivity index (χ0) is 20.2. The number of benzene rings is 2. The van der Waals surface area contributed by atoms with Crippen LogP contribution in [0.3, 0.4) is 0 Å². The molecule has 0 aliphatic carbocycles. The number of carbonyl (C=O) groups excluding carboxylic acids is 2. The summed E-state index contributed by atoms with van der Waals surface area (Å²) in [7, 11) is 0.320. The average molecular weight is 391 g/mol. The molecular weight excluding hydrogens is 370 g/mol. The molecule has 144 valence electrons. The Morgan fingerprint density at radius 3 is 2.11 bits per heavy atom. The summed E-state index contributed by atoms with van der Waals surface area (Å²) in [6.45, 7) is 1.76. The van der Waals surface area contributed by atoms with E-state index in [1.54, 1.807) is 19.1 Å². The molecule has 0 aromatic heterocycles. The number of ether oxygens (including phenoxy) is 2. The molecule has 0 unspecified atom stereocenters. The highest BCUT2D eigenvalue weighted by Gasteiger charge is 2.24. The van der Waals surface area contributed by atoms with Crippen LogP contribution in [0.15, 0.2) is 47.4 Å². The lowest BCUT2D eigenvalue weighted by atomic mass is 10.1. The topological polar surface area (TPSA) is 90.0 Å². The molecule has 0 spiro atoms. The van der Waals surface area contributed by atoms with Crippen LogP contribution in [-0.4, -0.2) is 45.7 Å². The maximum atomic E-state index is 12.4. The summed E-state index contributed by atoms with van der Waals surface area (Å²) in [5.74, 6) is -0.354. The largest absolute Gasteiger partial charge is 0.495 e. The number of rotatable bonds is 7. The van der Waals surface area contributed by atoms with Crippen molar-refractivity contribution in [2.75, 3.05) is 21.2 Å². The Morgan fingerprint density at radius 2 is 1.59 bits per heavy atom. The lowest BCUT2D eigenvalue weighted by molar-refractivity contribution is 0.0734. The van der Waals surface area contributed by atoms with E-state index in [4.69, 9.17) is 9.47 Å². The van der Waals surface area contributed by atoms with Gasteiger partial charge in [0, 0.05) is 26.1 Å². The second-order valence-corrected chi connectivity index (χ2v) is 7.96. The molecule has 0 fully saturated rings. The number of hydrogen-bond donors (Lipinski definition) is 0. The van der Waals surface area contributed by atoms with Crippen molar-refractivity contribution < 1.29 is 27.5 Å². The molecular formula is C19H21NO6S. The van der Waals surface area contributed by atoms with Crippen LogP contribution in [0.4, 0.5) is 0 Å². The van der Waals surface area contributed by atoms with E-state index < -0.39 is 16.0 Å². The predicted molar refractivity (Wildman–Crippen MR) is 99.9 cm³/mol. The molecule has 0 bridgehead atoms. The lowest BCUT2D eigenvalue weighted by Gasteiger charge is -2.15. The molecule has 0 N–H and O–H groups in total. The minimum Gasteiger partial charge on any atom is -0.495 e. The minimum absolute atomic E-state index is 0.0124. The van der Waals surface area contributed by atoms with Crippen molar-refractivity contribution in [2.24, 2.45) is 0 Å². The number of ketones is 1. The van der Waals surface area contributed by atoms with Gasteiger partial charge in [-0.05, 0) is 42.5 Å². The van der Waals surface area contributed by atoms with Gasteiger partial charge in [-0.2, -0.15) is 0 Å². The van der Waals surface area contributed by atoms with E-state index in [2.05, 4.69) is 0 Å². The number of Topliss-reactive ketones (excluding diaryl/α,β-unsaturated/α-hetero) is 1. The number of nitrogens with zero attached hydrogens (tertiary/aromatic N) is 1. The van der Waals surface area contributed by atoms with Gasteiger partial charge in [-0.25, -0.2) is 17.5 Å². The Kier molecular flexibility index (Phi) is 6.35. The molecule has 0 amide bonds. The minimum atomic E-state index is -3.80. The number of methoxy groups -OCH3 is 1. The van der Waals surface area contributed by atoms with E-state index in [1.165, 1.54) is 51.5 Å². The van der Waals surface area contributed by atoms with Gasteiger partial charge in [0.15, 0.2) is 5.78 Å². The molecule has 0 radical (unpaired) electrons. The van der Waals surface area contributed by atoms with E-state index in [1.807, 2.05) is 0 Å². The normalized spacial score (nSPS) is 11.3. The van der Waals surface area contributed by atoms with Gasteiger partial charge < -0.3 is 9.47 Å². The van der Waals surface area contributed by atoms with Crippen molar-refractivity contribution in [1.29, 1.82) is 0 Å². The first-order valence-electron chi connectivity index (χ1n) is 8.16. The van der Waals surface area contributed by atoms with E-state index >= 15 is 0 Å². The fourth-order valence-electron chi connectivity index (χ4n) is 2.28. The highest BCUT2D eigenvalue weighted by molar-refractivity contribution is 7.89. The molecule has 2 aromatic rings. The molecule has 7 nitrogen and oxygen atoms in total. The molecule has 0 saturated carbocycles. The van der Waals surface area contributed by atoms with Gasteiger partial charge in [-0.1, -0.05) is 6.92 Å². The van der Waals surface area contributed by atoms with Crippen molar-refractivity contribution in [2.45, 2.75) is 18.2 Å². The Labute approximate surface area is 158 Å². The summed E-state index contributed by atoms with van der Waals surface area (Å²) in [5, 5.41) is 0. The van der Waals surface area contributed by atoms with Gasteiger partial charge in [-0.3, -0.25) is 4.79 Å². The SMILES string of the molecule is CCC(=O)c1ccc(OC(=O)c2ccc(OC)c(S(=O)(=O)N(C)C)c2)cc1. The average Bonchev–Trinajstić information content (AvgIpc) is 2.67. The molecule has 2 aromatic carbocycles. The first-order valence-corrected chi connectivity index (χ1v) is 9.60. The monoisotopic (exact) mass is 391 g/mol. The summed E-state index contributed by atoms with van der Waals surface area (Å²) in [6.07, 6.45) is 0.383. The molecule has 27 heavy (non-hydrogen) atoms. The first-order chi connectivity index (χ1) is 12.7. The van der Waals surface area contributed by atoms with Crippen LogP contribution >= 0.6 is 0 Å². The second kappa shape index (κ2) is 8.32. The molecule has 0 aliphatic rings. The van der Waals surface area contributed by atoms with Crippen molar-refractivity contribution in [3.63, 3.8) is 0 Å². The quantitative estimate of drug-likeness (QED) is 0.410. The molecule has 0 aliphatic heterocycles. The van der Waals surface area contributed by atoms with Crippen LogP contribution in [0.1, 0.15) is 34.1 Å². The third-order valence-corrected chi connectivity index (χ3v) is 5.70. The zero-order valence-corrected chi connectivity index (χ0v) is 16.4. The molecule has 0 atom stereocenters. The maximum absolute atomic E-state index is 12.4. The van der Waals surface area contributed by atoms with Crippen molar-refractivity contribution in [1.82, 2.24) is 4.31 Å². The van der Waals surface area contributed by atoms with Crippen molar-refractivity contribution >= 4 is 21.8 Å². The van der Waals surface area contributed by atoms with E-state index in [0.717, 1.165) is 4.31 Å². The van der Waals surface area contributed by atoms with E-state index in [-0.39, 0.29) is 27.7 Å². The van der Waals surface area contributed by atoms with Gasteiger partial charge in [0.1, 0.15) is 16.4 Å². The van der Waals surface area contributed by atoms with Crippen LogP contribution in [0.5, 0.6) is 11.5 Å². The summed E-state index contributed by atoms with van der Waals surface area (Å²) < 4.78 is 36.3. The fourth-order valence-corrected chi connectivity index (χ4v) is 3.36. The number of sulfonamides is 1. The Morgan fingerprint density at radius 1 is 1.00 bits per heavy atom. The zero-order valence-electron chi connectivity index (χ0n) is 15.6. The number of carbonyl (C=O) groups is 2. The van der Waals surface area contributed by atoms with E-state index in [9.17, 15) is 18.0 Å². The van der Waals surface area contributed by atoms with E-state index in [0.29, 0.717) is 12.0 Å². The van der Waals surface area contributed by atoms with Crippen molar-refractivity contribution in [3.8, 4) is 11.5 Å². The summed E-state index contributed by atoms with van der Waals surface area (Å²) >= 11 is 0. The highest BCUT2D eigenvalue weighted by atomic mass is 32.2. The summed E-state index contributed by atoms with van der Waals surface area (Å²) in [4.78, 5) is 23.9. The Balaban J connectivity index is 2.30. The first kappa shape index (κ1) is 20.6. The lowest BCUT2D eigenvalue weighted by Crippen LogP contribution is -2.23. The van der Waals surface area contributed by atoms with Gasteiger partial charge in [0.25, 0.3) is 0 Å². The summed E-state index contributed by atoms with van der Waals surface area (Å²) in [5.41, 5.74) is 0.589. The number of esters is 1. The predicted octanol–water partition coefficient (Wildman–Crippen LogP) is 2.76.